The van der Waals surface area contributed by atoms with Crippen molar-refractivity contribution in [3.8, 4) is 5.75 Å². The lowest BCUT2D eigenvalue weighted by Crippen LogP contribution is -2.47. The van der Waals surface area contributed by atoms with Gasteiger partial charge in [0.2, 0.25) is 17.7 Å². The van der Waals surface area contributed by atoms with E-state index in [2.05, 4.69) is 17.6 Å². The Hall–Kier alpha value is -2.71. The molecule has 0 aliphatic heterocycles. The number of carbonyl (C=O) groups excluding carboxylic acids is 3. The lowest BCUT2D eigenvalue weighted by Gasteiger charge is -2.15. The maximum Gasteiger partial charge on any atom is 0.240 e. The van der Waals surface area contributed by atoms with Gasteiger partial charge in [0.15, 0.2) is 17.4 Å². The predicted molar refractivity (Wildman–Crippen MR) is 104 cm³/mol. The number of unbranched alkanes of at least 4 members (excludes halogenated alkanes) is 4. The Bertz CT molecular complexity index is 690. The molecule has 29 heavy (non-hydrogen) atoms. The van der Waals surface area contributed by atoms with Gasteiger partial charge in [-0.1, -0.05) is 32.6 Å². The molecule has 0 radical (unpaired) electrons. The Morgan fingerprint density at radius 1 is 1.07 bits per heavy atom. The van der Waals surface area contributed by atoms with E-state index < -0.39 is 35.2 Å². The molecule has 0 unspecified atom stereocenters. The Balaban J connectivity index is 2.40. The number of nitrogens with two attached hydrogens (primary N) is 1. The Morgan fingerprint density at radius 2 is 1.69 bits per heavy atom. The van der Waals surface area contributed by atoms with Crippen molar-refractivity contribution >= 4 is 17.7 Å². The summed E-state index contributed by atoms with van der Waals surface area (Å²) < 4.78 is 26.6. The Labute approximate surface area is 169 Å². The van der Waals surface area contributed by atoms with E-state index in [1.165, 1.54) is 0 Å². The molecule has 7 nitrogen and oxygen atoms in total. The largest absolute Gasteiger partial charge is 0.503 e. The second kappa shape index (κ2) is 12.7. The normalized spacial score (nSPS) is 11.7. The summed E-state index contributed by atoms with van der Waals surface area (Å²) in [5.41, 5.74) is 5.51. The number of phenols is 1. The van der Waals surface area contributed by atoms with Gasteiger partial charge in [-0.2, -0.15) is 0 Å². The Morgan fingerprint density at radius 3 is 2.28 bits per heavy atom. The number of rotatable bonds is 13. The van der Waals surface area contributed by atoms with E-state index in [4.69, 9.17) is 10.8 Å². The molecular weight excluding hydrogens is 384 g/mol. The minimum atomic E-state index is -1.12. The number of hydrogen-bond donors (Lipinski definition) is 4. The van der Waals surface area contributed by atoms with E-state index in [1.807, 2.05) is 0 Å². The van der Waals surface area contributed by atoms with Crippen molar-refractivity contribution in [3.63, 3.8) is 0 Å². The van der Waals surface area contributed by atoms with Gasteiger partial charge >= 0.3 is 0 Å². The standard InChI is InChI=1S/C20H29F2N3O4/c1-2-3-4-5-6-7-17(26)25-16(20(23)29)12-18(27)24-9-8-13-10-14(21)19(28)15(22)11-13/h10-11,16,28H,2-9,12H2,1H3,(H2,23,29)(H,24,27)(H,25,26)/t16-/m1/s1. The second-order valence-corrected chi connectivity index (χ2v) is 6.90. The predicted octanol–water partition coefficient (Wildman–Crippen LogP) is 2.05. The van der Waals surface area contributed by atoms with Crippen LogP contribution in [0.3, 0.4) is 0 Å². The first-order valence-corrected chi connectivity index (χ1v) is 9.76. The lowest BCUT2D eigenvalue weighted by molar-refractivity contribution is -0.130. The van der Waals surface area contributed by atoms with Crippen LogP contribution in [0.4, 0.5) is 8.78 Å². The van der Waals surface area contributed by atoms with Crippen LogP contribution >= 0.6 is 0 Å². The highest BCUT2D eigenvalue weighted by molar-refractivity contribution is 5.91. The highest BCUT2D eigenvalue weighted by Crippen LogP contribution is 2.21. The molecule has 1 rings (SSSR count). The van der Waals surface area contributed by atoms with E-state index in [1.54, 1.807) is 0 Å². The molecule has 0 spiro atoms. The zero-order chi connectivity index (χ0) is 21.8. The summed E-state index contributed by atoms with van der Waals surface area (Å²) in [5, 5.41) is 14.0. The fraction of sp³-hybridized carbons (Fsp3) is 0.550. The molecule has 162 valence electrons. The van der Waals surface area contributed by atoms with Crippen LogP contribution in [-0.4, -0.2) is 35.4 Å². The summed E-state index contributed by atoms with van der Waals surface area (Å²) in [5.74, 6) is -4.91. The van der Waals surface area contributed by atoms with Gasteiger partial charge in [-0.05, 0) is 30.5 Å². The lowest BCUT2D eigenvalue weighted by atomic mass is 10.1. The fourth-order valence-corrected chi connectivity index (χ4v) is 2.74. The average molecular weight is 413 g/mol. The van der Waals surface area contributed by atoms with E-state index in [0.29, 0.717) is 6.42 Å². The van der Waals surface area contributed by atoms with E-state index in [0.717, 1.165) is 37.8 Å². The summed E-state index contributed by atoms with van der Waals surface area (Å²) in [7, 11) is 0. The second-order valence-electron chi connectivity index (χ2n) is 6.90. The molecule has 0 aromatic heterocycles. The number of carbonyl (C=O) groups is 3. The number of amides is 3. The minimum absolute atomic E-state index is 0.0549. The van der Waals surface area contributed by atoms with Crippen LogP contribution in [0.25, 0.3) is 0 Å². The number of halogens is 2. The molecule has 1 atom stereocenters. The van der Waals surface area contributed by atoms with Crippen LogP contribution in [-0.2, 0) is 20.8 Å². The van der Waals surface area contributed by atoms with E-state index in [-0.39, 0.29) is 37.3 Å². The smallest absolute Gasteiger partial charge is 0.240 e. The third-order valence-electron chi connectivity index (χ3n) is 4.39. The average Bonchev–Trinajstić information content (AvgIpc) is 2.65. The van der Waals surface area contributed by atoms with Crippen molar-refractivity contribution in [1.29, 1.82) is 0 Å². The summed E-state index contributed by atoms with van der Waals surface area (Å²) in [4.78, 5) is 35.4. The molecule has 1 aromatic carbocycles. The van der Waals surface area contributed by atoms with Crippen LogP contribution in [0.1, 0.15) is 57.4 Å². The molecular formula is C20H29F2N3O4. The van der Waals surface area contributed by atoms with Gasteiger partial charge < -0.3 is 21.5 Å². The Kier molecular flexibility index (Phi) is 10.6. The number of benzene rings is 1. The van der Waals surface area contributed by atoms with Crippen molar-refractivity contribution < 1.29 is 28.3 Å². The monoisotopic (exact) mass is 413 g/mol. The zero-order valence-electron chi connectivity index (χ0n) is 16.6. The molecule has 0 bridgehead atoms. The van der Waals surface area contributed by atoms with Crippen molar-refractivity contribution in [2.24, 2.45) is 5.73 Å². The zero-order valence-corrected chi connectivity index (χ0v) is 16.6. The first-order valence-electron chi connectivity index (χ1n) is 9.76. The van der Waals surface area contributed by atoms with Crippen LogP contribution in [0, 0.1) is 11.6 Å². The molecule has 9 heteroatoms. The molecule has 3 amide bonds. The highest BCUT2D eigenvalue weighted by atomic mass is 19.1. The number of primary amides is 1. The topological polar surface area (TPSA) is 122 Å². The molecule has 0 aliphatic carbocycles. The van der Waals surface area contributed by atoms with Gasteiger partial charge in [0.05, 0.1) is 6.42 Å². The van der Waals surface area contributed by atoms with Crippen LogP contribution in [0.15, 0.2) is 12.1 Å². The number of phenolic OH excluding ortho intramolecular Hbond substituents is 1. The number of hydrogen-bond acceptors (Lipinski definition) is 4. The SMILES string of the molecule is CCCCCCCC(=O)N[C@H](CC(=O)NCCc1cc(F)c(O)c(F)c1)C(N)=O. The van der Waals surface area contributed by atoms with E-state index in [9.17, 15) is 23.2 Å². The molecule has 0 aliphatic rings. The fourth-order valence-electron chi connectivity index (χ4n) is 2.74. The highest BCUT2D eigenvalue weighted by Gasteiger charge is 2.21. The summed E-state index contributed by atoms with van der Waals surface area (Å²) in [6.45, 7) is 2.15. The molecule has 0 fully saturated rings. The molecule has 0 saturated carbocycles. The third kappa shape index (κ3) is 9.36. The molecule has 5 N–H and O–H groups in total. The maximum absolute atomic E-state index is 13.3. The maximum atomic E-state index is 13.3. The van der Waals surface area contributed by atoms with Gasteiger partial charge in [0.25, 0.3) is 0 Å². The third-order valence-corrected chi connectivity index (χ3v) is 4.39. The van der Waals surface area contributed by atoms with Crippen LogP contribution in [0.2, 0.25) is 0 Å². The molecule has 0 saturated heterocycles. The van der Waals surface area contributed by atoms with Gasteiger partial charge in [-0.3, -0.25) is 14.4 Å². The summed E-state index contributed by atoms with van der Waals surface area (Å²) in [6.07, 6.45) is 4.91. The summed E-state index contributed by atoms with van der Waals surface area (Å²) >= 11 is 0. The van der Waals surface area contributed by atoms with Crippen molar-refractivity contribution in [2.75, 3.05) is 6.54 Å². The van der Waals surface area contributed by atoms with Crippen molar-refractivity contribution in [3.05, 3.63) is 29.3 Å². The van der Waals surface area contributed by atoms with Gasteiger partial charge in [0.1, 0.15) is 6.04 Å². The quantitative estimate of drug-likeness (QED) is 0.370. The molecule has 1 aromatic rings. The van der Waals surface area contributed by atoms with Gasteiger partial charge in [-0.15, -0.1) is 0 Å². The van der Waals surface area contributed by atoms with Crippen LogP contribution < -0.4 is 16.4 Å². The van der Waals surface area contributed by atoms with Crippen LogP contribution in [0.5, 0.6) is 5.75 Å². The first kappa shape index (κ1) is 24.3. The van der Waals surface area contributed by atoms with E-state index >= 15 is 0 Å². The van der Waals surface area contributed by atoms with Gasteiger partial charge in [0, 0.05) is 13.0 Å². The van der Waals surface area contributed by atoms with Crippen molar-refractivity contribution in [2.45, 2.75) is 64.3 Å². The number of aromatic hydroxyl groups is 1. The number of nitrogens with one attached hydrogen (secondary N) is 2. The van der Waals surface area contributed by atoms with Crippen molar-refractivity contribution in [1.82, 2.24) is 10.6 Å². The minimum Gasteiger partial charge on any atom is -0.503 e. The van der Waals surface area contributed by atoms with Gasteiger partial charge in [-0.25, -0.2) is 8.78 Å². The first-order chi connectivity index (χ1) is 13.7. The molecule has 0 heterocycles. The summed E-state index contributed by atoms with van der Waals surface area (Å²) in [6, 6.07) is 0.816.